The van der Waals surface area contributed by atoms with E-state index in [-0.39, 0.29) is 13.2 Å². The zero-order chi connectivity index (χ0) is 14.9. The summed E-state index contributed by atoms with van der Waals surface area (Å²) in [5.74, 6) is -2.26. The molecule has 2 saturated heterocycles. The maximum atomic E-state index is 12.2. The van der Waals surface area contributed by atoms with Crippen LogP contribution in [0.2, 0.25) is 0 Å². The van der Waals surface area contributed by atoms with Gasteiger partial charge in [-0.2, -0.15) is 4.31 Å². The largest absolute Gasteiger partial charge is 0.481 e. The molecule has 9 heteroatoms. The Balaban J connectivity index is 2.03. The average molecular weight is 306 g/mol. The molecule has 0 aromatic heterocycles. The topological polar surface area (TPSA) is 113 Å². The molecule has 2 heterocycles. The van der Waals surface area contributed by atoms with E-state index >= 15 is 0 Å². The van der Waals surface area contributed by atoms with E-state index in [1.165, 1.54) is 0 Å². The van der Waals surface area contributed by atoms with Gasteiger partial charge in [0, 0.05) is 6.54 Å². The molecule has 0 radical (unpaired) electrons. The van der Waals surface area contributed by atoms with Crippen LogP contribution >= 0.6 is 0 Å². The van der Waals surface area contributed by atoms with Crippen LogP contribution in [0.5, 0.6) is 0 Å². The van der Waals surface area contributed by atoms with Gasteiger partial charge in [-0.25, -0.2) is 8.42 Å². The van der Waals surface area contributed by atoms with Gasteiger partial charge in [0.1, 0.15) is 12.0 Å². The first kappa shape index (κ1) is 15.2. The molecular weight excluding hydrogens is 288 g/mol. The van der Waals surface area contributed by atoms with E-state index in [0.717, 1.165) is 10.6 Å². The molecule has 0 aromatic carbocycles. The zero-order valence-electron chi connectivity index (χ0n) is 11.1. The van der Waals surface area contributed by atoms with Crippen molar-refractivity contribution in [1.82, 2.24) is 9.62 Å². The van der Waals surface area contributed by atoms with Gasteiger partial charge < -0.3 is 15.2 Å². The molecule has 3 atom stereocenters. The van der Waals surface area contributed by atoms with Crippen molar-refractivity contribution in [3.05, 3.63) is 0 Å². The Morgan fingerprint density at radius 2 is 2.05 bits per heavy atom. The number of nitrogens with zero attached hydrogens (tertiary/aromatic N) is 1. The summed E-state index contributed by atoms with van der Waals surface area (Å²) in [6.45, 7) is 0.509. The van der Waals surface area contributed by atoms with Crippen molar-refractivity contribution < 1.29 is 27.9 Å². The molecule has 1 amide bonds. The van der Waals surface area contributed by atoms with Crippen LogP contribution in [0.4, 0.5) is 0 Å². The van der Waals surface area contributed by atoms with Crippen molar-refractivity contribution in [2.24, 2.45) is 5.92 Å². The van der Waals surface area contributed by atoms with Gasteiger partial charge in [-0.1, -0.05) is 0 Å². The second kappa shape index (κ2) is 5.66. The highest BCUT2D eigenvalue weighted by molar-refractivity contribution is 7.88. The van der Waals surface area contributed by atoms with Crippen LogP contribution in [0, 0.1) is 5.92 Å². The molecule has 0 bridgehead atoms. The molecule has 114 valence electrons. The zero-order valence-corrected chi connectivity index (χ0v) is 11.9. The minimum Gasteiger partial charge on any atom is -0.481 e. The molecule has 8 nitrogen and oxygen atoms in total. The van der Waals surface area contributed by atoms with Gasteiger partial charge in [-0.3, -0.25) is 9.59 Å². The van der Waals surface area contributed by atoms with Crippen molar-refractivity contribution in [3.8, 4) is 0 Å². The van der Waals surface area contributed by atoms with Crippen LogP contribution in [0.1, 0.15) is 12.8 Å². The summed E-state index contributed by atoms with van der Waals surface area (Å²) >= 11 is 0. The Kier molecular flexibility index (Phi) is 4.31. The Labute approximate surface area is 117 Å². The second-order valence-electron chi connectivity index (χ2n) is 5.13. The summed E-state index contributed by atoms with van der Waals surface area (Å²) in [5.41, 5.74) is 0. The van der Waals surface area contributed by atoms with E-state index < -0.39 is 39.9 Å². The summed E-state index contributed by atoms with van der Waals surface area (Å²) < 4.78 is 29.4. The Hall–Kier alpha value is -1.19. The summed E-state index contributed by atoms with van der Waals surface area (Å²) in [6.07, 6.45) is 2.14. The molecule has 0 aromatic rings. The van der Waals surface area contributed by atoms with Gasteiger partial charge in [0.2, 0.25) is 15.9 Å². The molecule has 0 aliphatic carbocycles. The minimum atomic E-state index is -3.44. The fourth-order valence-corrected chi connectivity index (χ4v) is 3.74. The van der Waals surface area contributed by atoms with Gasteiger partial charge in [-0.05, 0) is 12.8 Å². The fraction of sp³-hybridized carbons (Fsp3) is 0.818. The average Bonchev–Trinajstić information content (AvgIpc) is 2.95. The highest BCUT2D eigenvalue weighted by Gasteiger charge is 2.40. The van der Waals surface area contributed by atoms with Crippen molar-refractivity contribution in [3.63, 3.8) is 0 Å². The maximum absolute atomic E-state index is 12.2. The summed E-state index contributed by atoms with van der Waals surface area (Å²) in [6, 6.07) is -1.36. The van der Waals surface area contributed by atoms with Gasteiger partial charge >= 0.3 is 5.97 Å². The predicted octanol–water partition coefficient (Wildman–Crippen LogP) is -1.37. The molecule has 2 N–H and O–H groups in total. The molecule has 0 saturated carbocycles. The lowest BCUT2D eigenvalue weighted by molar-refractivity contribution is -0.142. The van der Waals surface area contributed by atoms with E-state index in [9.17, 15) is 18.0 Å². The van der Waals surface area contributed by atoms with Crippen molar-refractivity contribution in [2.75, 3.05) is 26.0 Å². The number of carbonyl (C=O) groups is 2. The lowest BCUT2D eigenvalue weighted by atomic mass is 10.0. The van der Waals surface area contributed by atoms with E-state index in [1.807, 2.05) is 0 Å². The SMILES string of the molecule is CS(=O)(=O)N1CCCC1C(=O)NC1COCC1C(=O)O. The third kappa shape index (κ3) is 3.10. The predicted molar refractivity (Wildman–Crippen MR) is 68.4 cm³/mol. The van der Waals surface area contributed by atoms with Crippen LogP contribution in [0.15, 0.2) is 0 Å². The smallest absolute Gasteiger partial charge is 0.311 e. The Bertz CT molecular complexity index is 505. The number of sulfonamides is 1. The third-order valence-electron chi connectivity index (χ3n) is 3.66. The number of carbonyl (C=O) groups excluding carboxylic acids is 1. The van der Waals surface area contributed by atoms with E-state index in [2.05, 4.69) is 5.32 Å². The lowest BCUT2D eigenvalue weighted by Crippen LogP contribution is -2.51. The van der Waals surface area contributed by atoms with Crippen LogP contribution in [-0.4, -0.2) is 67.8 Å². The second-order valence-corrected chi connectivity index (χ2v) is 7.06. The Morgan fingerprint density at radius 1 is 1.35 bits per heavy atom. The van der Waals surface area contributed by atoms with Crippen molar-refractivity contribution in [2.45, 2.75) is 24.9 Å². The molecule has 2 aliphatic rings. The standard InChI is InChI=1S/C11H18N2O6S/c1-20(17,18)13-4-2-3-9(13)10(14)12-8-6-19-5-7(8)11(15)16/h7-9H,2-6H2,1H3,(H,12,14)(H,15,16). The quantitative estimate of drug-likeness (QED) is 0.662. The van der Waals surface area contributed by atoms with Gasteiger partial charge in [-0.15, -0.1) is 0 Å². The van der Waals surface area contributed by atoms with Crippen LogP contribution in [-0.2, 0) is 24.3 Å². The number of rotatable bonds is 4. The maximum Gasteiger partial charge on any atom is 0.311 e. The number of nitrogens with one attached hydrogen (secondary N) is 1. The molecular formula is C11H18N2O6S. The summed E-state index contributed by atoms with van der Waals surface area (Å²) in [4.78, 5) is 23.2. The van der Waals surface area contributed by atoms with Gasteiger partial charge in [0.25, 0.3) is 0 Å². The minimum absolute atomic E-state index is 0.0563. The fourth-order valence-electron chi connectivity index (χ4n) is 2.62. The Morgan fingerprint density at radius 3 is 2.65 bits per heavy atom. The third-order valence-corrected chi connectivity index (χ3v) is 4.95. The van der Waals surface area contributed by atoms with Crippen LogP contribution < -0.4 is 5.32 Å². The highest BCUT2D eigenvalue weighted by atomic mass is 32.2. The number of carboxylic acid groups (broad SMARTS) is 1. The molecule has 2 aliphatic heterocycles. The molecule has 2 fully saturated rings. The van der Waals surface area contributed by atoms with Crippen LogP contribution in [0.25, 0.3) is 0 Å². The first-order chi connectivity index (χ1) is 9.30. The van der Waals surface area contributed by atoms with Gasteiger partial charge in [0.15, 0.2) is 0 Å². The number of hydrogen-bond acceptors (Lipinski definition) is 5. The van der Waals surface area contributed by atoms with Gasteiger partial charge in [0.05, 0.1) is 25.5 Å². The monoisotopic (exact) mass is 306 g/mol. The van der Waals surface area contributed by atoms with E-state index in [4.69, 9.17) is 9.84 Å². The van der Waals surface area contributed by atoms with E-state index in [0.29, 0.717) is 19.4 Å². The van der Waals surface area contributed by atoms with E-state index in [1.54, 1.807) is 0 Å². The lowest BCUT2D eigenvalue weighted by Gasteiger charge is -2.24. The van der Waals surface area contributed by atoms with Crippen molar-refractivity contribution in [1.29, 1.82) is 0 Å². The molecule has 20 heavy (non-hydrogen) atoms. The molecule has 3 unspecified atom stereocenters. The number of carboxylic acids is 1. The summed E-state index contributed by atoms with van der Waals surface area (Å²) in [7, 11) is -3.44. The normalized spacial score (nSPS) is 31.4. The number of aliphatic carboxylic acids is 1. The summed E-state index contributed by atoms with van der Waals surface area (Å²) in [5, 5.41) is 11.6. The number of amides is 1. The molecule has 2 rings (SSSR count). The first-order valence-corrected chi connectivity index (χ1v) is 8.23. The van der Waals surface area contributed by atoms with Crippen molar-refractivity contribution >= 4 is 21.9 Å². The number of hydrogen-bond donors (Lipinski definition) is 2. The first-order valence-electron chi connectivity index (χ1n) is 6.38. The highest BCUT2D eigenvalue weighted by Crippen LogP contribution is 2.21. The number of ether oxygens (including phenoxy) is 1. The molecule has 0 spiro atoms. The van der Waals surface area contributed by atoms with Crippen LogP contribution in [0.3, 0.4) is 0 Å².